The molecule has 7 nitrogen and oxygen atoms in total. The van der Waals surface area contributed by atoms with Gasteiger partial charge < -0.3 is 10.0 Å². The van der Waals surface area contributed by atoms with E-state index < -0.39 is 14.8 Å². The Morgan fingerprint density at radius 3 is 2.76 bits per heavy atom. The summed E-state index contributed by atoms with van der Waals surface area (Å²) in [6, 6.07) is 3.97. The van der Waals surface area contributed by atoms with E-state index in [0.29, 0.717) is 18.8 Å². The fourth-order valence-electron chi connectivity index (χ4n) is 2.58. The third-order valence-corrected chi connectivity index (χ3v) is 4.80. The number of sulfone groups is 1. The van der Waals surface area contributed by atoms with Crippen LogP contribution in [0.5, 0.6) is 0 Å². The van der Waals surface area contributed by atoms with Crippen molar-refractivity contribution < 1.29 is 18.4 Å². The third kappa shape index (κ3) is 3.51. The van der Waals surface area contributed by atoms with Crippen LogP contribution in [0.3, 0.4) is 0 Å². The van der Waals surface area contributed by atoms with Crippen molar-refractivity contribution in [3.8, 4) is 0 Å². The van der Waals surface area contributed by atoms with Gasteiger partial charge in [-0.1, -0.05) is 0 Å². The van der Waals surface area contributed by atoms with Gasteiger partial charge in [-0.3, -0.25) is 10.1 Å². The molecule has 116 valence electrons. The maximum atomic E-state index is 11.5. The minimum Gasteiger partial charge on any atom is -0.396 e. The predicted molar refractivity (Wildman–Crippen MR) is 78.2 cm³/mol. The second-order valence-electron chi connectivity index (χ2n) is 5.32. The highest BCUT2D eigenvalue weighted by Crippen LogP contribution is 2.33. The van der Waals surface area contributed by atoms with Crippen molar-refractivity contribution in [1.29, 1.82) is 0 Å². The first-order valence-electron chi connectivity index (χ1n) is 6.67. The first-order valence-corrected chi connectivity index (χ1v) is 8.56. The predicted octanol–water partition coefficient (Wildman–Crippen LogP) is 1.21. The van der Waals surface area contributed by atoms with Gasteiger partial charge in [0.2, 0.25) is 0 Å². The molecular weight excluding hydrogens is 296 g/mol. The summed E-state index contributed by atoms with van der Waals surface area (Å²) in [5, 5.41) is 20.5. The molecule has 1 aromatic carbocycles. The second kappa shape index (κ2) is 5.98. The molecule has 0 radical (unpaired) electrons. The Kier molecular flexibility index (Phi) is 4.48. The first-order chi connectivity index (χ1) is 9.82. The maximum absolute atomic E-state index is 11.5. The molecule has 1 aliphatic heterocycles. The lowest BCUT2D eigenvalue weighted by atomic mass is 9.98. The van der Waals surface area contributed by atoms with Crippen molar-refractivity contribution in [2.75, 3.05) is 30.9 Å². The number of benzene rings is 1. The SMILES string of the molecule is CS(=O)(=O)c1ccc(N2CCC[C@@H](CO)C2)c([N+](=O)[O-])c1. The number of nitro groups is 1. The van der Waals surface area contributed by atoms with Gasteiger partial charge >= 0.3 is 0 Å². The molecule has 1 saturated heterocycles. The number of nitrogens with zero attached hydrogens (tertiary/aromatic N) is 2. The average molecular weight is 314 g/mol. The van der Waals surface area contributed by atoms with E-state index in [-0.39, 0.29) is 23.1 Å². The lowest BCUT2D eigenvalue weighted by Gasteiger charge is -2.33. The summed E-state index contributed by atoms with van der Waals surface area (Å²) in [6.07, 6.45) is 2.76. The molecule has 0 aliphatic carbocycles. The van der Waals surface area contributed by atoms with E-state index in [4.69, 9.17) is 0 Å². The molecule has 0 bridgehead atoms. The second-order valence-corrected chi connectivity index (χ2v) is 7.33. The maximum Gasteiger partial charge on any atom is 0.293 e. The molecule has 1 aliphatic rings. The molecule has 1 aromatic rings. The minimum absolute atomic E-state index is 0.0473. The number of nitro benzene ring substituents is 1. The van der Waals surface area contributed by atoms with Gasteiger partial charge in [0.25, 0.3) is 5.69 Å². The molecule has 0 aromatic heterocycles. The number of hydrogen-bond acceptors (Lipinski definition) is 6. The highest BCUT2D eigenvalue weighted by molar-refractivity contribution is 7.90. The van der Waals surface area contributed by atoms with Gasteiger partial charge in [-0.15, -0.1) is 0 Å². The molecule has 1 fully saturated rings. The summed E-state index contributed by atoms with van der Waals surface area (Å²) in [7, 11) is -3.48. The van der Waals surface area contributed by atoms with Crippen LogP contribution in [-0.2, 0) is 9.84 Å². The molecule has 0 saturated carbocycles. The number of piperidine rings is 1. The van der Waals surface area contributed by atoms with E-state index in [1.807, 2.05) is 4.90 Å². The van der Waals surface area contributed by atoms with E-state index in [9.17, 15) is 23.6 Å². The van der Waals surface area contributed by atoms with Crippen LogP contribution in [-0.4, -0.2) is 44.4 Å². The van der Waals surface area contributed by atoms with Crippen LogP contribution in [0.4, 0.5) is 11.4 Å². The van der Waals surface area contributed by atoms with Crippen LogP contribution >= 0.6 is 0 Å². The van der Waals surface area contributed by atoms with Crippen molar-refractivity contribution in [2.45, 2.75) is 17.7 Å². The lowest BCUT2D eigenvalue weighted by molar-refractivity contribution is -0.384. The molecule has 0 unspecified atom stereocenters. The van der Waals surface area contributed by atoms with Crippen LogP contribution in [0.2, 0.25) is 0 Å². The van der Waals surface area contributed by atoms with Gasteiger partial charge in [0, 0.05) is 32.0 Å². The zero-order valence-corrected chi connectivity index (χ0v) is 12.5. The van der Waals surface area contributed by atoms with Crippen molar-refractivity contribution in [3.63, 3.8) is 0 Å². The summed E-state index contributed by atoms with van der Waals surface area (Å²) in [5.74, 6) is 0.0907. The zero-order chi connectivity index (χ0) is 15.6. The number of hydrogen-bond donors (Lipinski definition) is 1. The average Bonchev–Trinajstić information content (AvgIpc) is 2.45. The van der Waals surface area contributed by atoms with E-state index in [1.165, 1.54) is 12.1 Å². The number of anilines is 1. The molecule has 0 amide bonds. The highest BCUT2D eigenvalue weighted by atomic mass is 32.2. The van der Waals surface area contributed by atoms with E-state index in [2.05, 4.69) is 0 Å². The molecule has 1 heterocycles. The summed E-state index contributed by atoms with van der Waals surface area (Å²) < 4.78 is 23.0. The quantitative estimate of drug-likeness (QED) is 0.662. The standard InChI is InChI=1S/C13H18N2O5S/c1-21(19,20)11-4-5-12(13(7-11)15(17)18)14-6-2-3-10(8-14)9-16/h4-5,7,10,16H,2-3,6,8-9H2,1H3/t10-/m1/s1. The summed E-state index contributed by atoms with van der Waals surface area (Å²) in [4.78, 5) is 12.4. The first kappa shape index (κ1) is 15.7. The molecular formula is C13H18N2O5S. The topological polar surface area (TPSA) is 101 Å². The Labute approximate surface area is 123 Å². The highest BCUT2D eigenvalue weighted by Gasteiger charge is 2.26. The van der Waals surface area contributed by atoms with Crippen LogP contribution in [0.25, 0.3) is 0 Å². The molecule has 8 heteroatoms. The van der Waals surface area contributed by atoms with E-state index in [0.717, 1.165) is 25.2 Å². The number of aliphatic hydroxyl groups is 1. The molecule has 2 rings (SSSR count). The summed E-state index contributed by atoms with van der Waals surface area (Å²) in [6.45, 7) is 1.25. The largest absolute Gasteiger partial charge is 0.396 e. The Balaban J connectivity index is 2.41. The van der Waals surface area contributed by atoms with Gasteiger partial charge in [-0.05, 0) is 30.9 Å². The normalized spacial score (nSPS) is 19.5. The Bertz CT molecular complexity index is 644. The summed E-state index contributed by atoms with van der Waals surface area (Å²) >= 11 is 0. The fraction of sp³-hybridized carbons (Fsp3) is 0.538. The van der Waals surface area contributed by atoms with Gasteiger partial charge in [0.1, 0.15) is 5.69 Å². The van der Waals surface area contributed by atoms with Gasteiger partial charge in [-0.2, -0.15) is 0 Å². The Morgan fingerprint density at radius 1 is 1.48 bits per heavy atom. The molecule has 21 heavy (non-hydrogen) atoms. The Morgan fingerprint density at radius 2 is 2.19 bits per heavy atom. The van der Waals surface area contributed by atoms with Crippen LogP contribution in [0.15, 0.2) is 23.1 Å². The van der Waals surface area contributed by atoms with Crippen molar-refractivity contribution in [1.82, 2.24) is 0 Å². The van der Waals surface area contributed by atoms with Gasteiger partial charge in [0.05, 0.1) is 9.82 Å². The van der Waals surface area contributed by atoms with Crippen molar-refractivity contribution in [2.24, 2.45) is 5.92 Å². The molecule has 0 spiro atoms. The Hall–Kier alpha value is -1.67. The van der Waals surface area contributed by atoms with E-state index in [1.54, 1.807) is 0 Å². The van der Waals surface area contributed by atoms with Gasteiger partial charge in [-0.25, -0.2) is 8.42 Å². The van der Waals surface area contributed by atoms with Crippen LogP contribution in [0.1, 0.15) is 12.8 Å². The number of aliphatic hydroxyl groups excluding tert-OH is 1. The molecule has 1 N–H and O–H groups in total. The summed E-state index contributed by atoms with van der Waals surface area (Å²) in [5.41, 5.74) is 0.196. The monoisotopic (exact) mass is 314 g/mol. The van der Waals surface area contributed by atoms with Crippen LogP contribution < -0.4 is 4.90 Å². The van der Waals surface area contributed by atoms with Gasteiger partial charge in [0.15, 0.2) is 9.84 Å². The third-order valence-electron chi connectivity index (χ3n) is 3.69. The molecule has 1 atom stereocenters. The lowest BCUT2D eigenvalue weighted by Crippen LogP contribution is -2.37. The zero-order valence-electron chi connectivity index (χ0n) is 11.7. The fourth-order valence-corrected chi connectivity index (χ4v) is 3.22. The van der Waals surface area contributed by atoms with Crippen molar-refractivity contribution >= 4 is 21.2 Å². The van der Waals surface area contributed by atoms with E-state index >= 15 is 0 Å². The number of rotatable bonds is 4. The smallest absolute Gasteiger partial charge is 0.293 e. The van der Waals surface area contributed by atoms with Crippen molar-refractivity contribution in [3.05, 3.63) is 28.3 Å². The van der Waals surface area contributed by atoms with Crippen LogP contribution in [0, 0.1) is 16.0 Å². The minimum atomic E-state index is -3.48.